The fraction of sp³-hybridized carbons (Fsp3) is 0.550. The van der Waals surface area contributed by atoms with Crippen molar-refractivity contribution in [2.24, 2.45) is 11.3 Å². The molecule has 2 heterocycles. The van der Waals surface area contributed by atoms with Crippen molar-refractivity contribution in [2.45, 2.75) is 45.1 Å². The van der Waals surface area contributed by atoms with E-state index in [1.165, 1.54) is 6.42 Å². The SMILES string of the molecule is CC(NC(=O)[C@@]12CCCC[C@H]1CNC2)c1noc(Cc2ccccc2)n1. The summed E-state index contributed by atoms with van der Waals surface area (Å²) in [5.74, 6) is 1.69. The van der Waals surface area contributed by atoms with Gasteiger partial charge >= 0.3 is 0 Å². The molecule has 2 fully saturated rings. The Hall–Kier alpha value is -2.21. The lowest BCUT2D eigenvalue weighted by Crippen LogP contribution is -2.48. The molecule has 1 saturated carbocycles. The van der Waals surface area contributed by atoms with Gasteiger partial charge < -0.3 is 15.2 Å². The van der Waals surface area contributed by atoms with Crippen LogP contribution in [0.15, 0.2) is 34.9 Å². The number of hydrogen-bond donors (Lipinski definition) is 2. The minimum absolute atomic E-state index is 0.133. The van der Waals surface area contributed by atoms with Gasteiger partial charge in [0.1, 0.15) is 0 Å². The van der Waals surface area contributed by atoms with E-state index >= 15 is 0 Å². The standard InChI is InChI=1S/C20H26N4O2/c1-14(18-23-17(26-24-18)11-15-7-3-2-4-8-15)22-19(25)20-10-6-5-9-16(20)12-21-13-20/h2-4,7-8,14,16,21H,5-6,9-13H2,1H3,(H,22,25)/t14?,16-,20+/m0/s1. The molecule has 0 radical (unpaired) electrons. The Morgan fingerprint density at radius 1 is 1.38 bits per heavy atom. The van der Waals surface area contributed by atoms with Gasteiger partial charge in [-0.2, -0.15) is 4.98 Å². The minimum Gasteiger partial charge on any atom is -0.346 e. The first-order valence-electron chi connectivity index (χ1n) is 9.55. The molecule has 26 heavy (non-hydrogen) atoms. The second-order valence-electron chi connectivity index (χ2n) is 7.63. The number of aromatic nitrogens is 2. The van der Waals surface area contributed by atoms with Crippen molar-refractivity contribution >= 4 is 5.91 Å². The Bertz CT molecular complexity index is 760. The molecular formula is C20H26N4O2. The highest BCUT2D eigenvalue weighted by Crippen LogP contribution is 2.44. The maximum Gasteiger partial charge on any atom is 0.231 e. The molecule has 138 valence electrons. The van der Waals surface area contributed by atoms with Gasteiger partial charge in [0.25, 0.3) is 0 Å². The maximum atomic E-state index is 13.0. The third-order valence-electron chi connectivity index (χ3n) is 5.91. The van der Waals surface area contributed by atoms with Gasteiger partial charge in [-0.15, -0.1) is 0 Å². The fourth-order valence-electron chi connectivity index (χ4n) is 4.38. The Morgan fingerprint density at radius 3 is 3.08 bits per heavy atom. The number of nitrogens with zero attached hydrogens (tertiary/aromatic N) is 2. The summed E-state index contributed by atoms with van der Waals surface area (Å²) >= 11 is 0. The van der Waals surface area contributed by atoms with E-state index in [4.69, 9.17) is 4.52 Å². The van der Waals surface area contributed by atoms with Crippen LogP contribution in [0.3, 0.4) is 0 Å². The highest BCUT2D eigenvalue weighted by atomic mass is 16.5. The molecule has 6 heteroatoms. The van der Waals surface area contributed by atoms with Gasteiger partial charge in [-0.1, -0.05) is 48.3 Å². The fourth-order valence-corrected chi connectivity index (χ4v) is 4.38. The molecule has 1 aromatic heterocycles. The van der Waals surface area contributed by atoms with Gasteiger partial charge in [-0.05, 0) is 37.8 Å². The van der Waals surface area contributed by atoms with E-state index in [9.17, 15) is 4.79 Å². The Balaban J connectivity index is 1.42. The first-order chi connectivity index (χ1) is 12.7. The molecule has 0 spiro atoms. The molecule has 1 aliphatic carbocycles. The molecule has 2 N–H and O–H groups in total. The van der Waals surface area contributed by atoms with Crippen molar-refractivity contribution < 1.29 is 9.32 Å². The minimum atomic E-state index is -0.261. The zero-order valence-corrected chi connectivity index (χ0v) is 15.2. The quantitative estimate of drug-likeness (QED) is 0.863. The number of rotatable bonds is 5. The van der Waals surface area contributed by atoms with Crippen LogP contribution in [0.4, 0.5) is 0 Å². The zero-order valence-electron chi connectivity index (χ0n) is 15.2. The zero-order chi connectivity index (χ0) is 18.0. The molecule has 6 nitrogen and oxygen atoms in total. The van der Waals surface area contributed by atoms with E-state index in [1.807, 2.05) is 37.3 Å². The largest absolute Gasteiger partial charge is 0.346 e. The average molecular weight is 354 g/mol. The summed E-state index contributed by atoms with van der Waals surface area (Å²) in [5.41, 5.74) is 0.865. The van der Waals surface area contributed by atoms with Crippen LogP contribution in [-0.4, -0.2) is 29.1 Å². The van der Waals surface area contributed by atoms with Crippen LogP contribution in [0, 0.1) is 11.3 Å². The Kier molecular flexibility index (Phi) is 4.76. The third-order valence-corrected chi connectivity index (χ3v) is 5.91. The second kappa shape index (κ2) is 7.19. The summed E-state index contributed by atoms with van der Waals surface area (Å²) < 4.78 is 5.38. The van der Waals surface area contributed by atoms with Gasteiger partial charge in [0.05, 0.1) is 17.9 Å². The number of fused-ring (bicyclic) bond motifs is 1. The van der Waals surface area contributed by atoms with E-state index in [-0.39, 0.29) is 17.4 Å². The summed E-state index contributed by atoms with van der Waals surface area (Å²) in [6.07, 6.45) is 5.06. The summed E-state index contributed by atoms with van der Waals surface area (Å²) in [4.78, 5) is 17.5. The van der Waals surface area contributed by atoms with E-state index < -0.39 is 0 Å². The molecule has 1 unspecified atom stereocenters. The lowest BCUT2D eigenvalue weighted by Gasteiger charge is -2.37. The van der Waals surface area contributed by atoms with E-state index in [2.05, 4.69) is 20.8 Å². The van der Waals surface area contributed by atoms with Crippen molar-refractivity contribution in [1.29, 1.82) is 0 Å². The van der Waals surface area contributed by atoms with Gasteiger partial charge in [0.15, 0.2) is 5.82 Å². The summed E-state index contributed by atoms with van der Waals surface area (Å²) in [6, 6.07) is 9.77. The monoisotopic (exact) mass is 354 g/mol. The number of carbonyl (C=O) groups excluding carboxylic acids is 1. The van der Waals surface area contributed by atoms with Crippen LogP contribution in [-0.2, 0) is 11.2 Å². The predicted molar refractivity (Wildman–Crippen MR) is 97.4 cm³/mol. The molecule has 1 aromatic carbocycles. The molecule has 2 aliphatic rings. The van der Waals surface area contributed by atoms with Crippen LogP contribution in [0.2, 0.25) is 0 Å². The first-order valence-corrected chi connectivity index (χ1v) is 9.55. The molecule has 3 atom stereocenters. The number of amides is 1. The van der Waals surface area contributed by atoms with Gasteiger partial charge in [0.2, 0.25) is 11.8 Å². The highest BCUT2D eigenvalue weighted by molar-refractivity contribution is 5.84. The number of benzene rings is 1. The molecule has 1 amide bonds. The van der Waals surface area contributed by atoms with Gasteiger partial charge in [-0.25, -0.2) is 0 Å². The second-order valence-corrected chi connectivity index (χ2v) is 7.63. The van der Waals surface area contributed by atoms with Gasteiger partial charge in [-0.3, -0.25) is 4.79 Å². The van der Waals surface area contributed by atoms with Crippen molar-refractivity contribution in [2.75, 3.05) is 13.1 Å². The summed E-state index contributed by atoms with van der Waals surface area (Å²) in [6.45, 7) is 3.65. The molecular weight excluding hydrogens is 328 g/mol. The number of hydrogen-bond acceptors (Lipinski definition) is 5. The smallest absolute Gasteiger partial charge is 0.231 e. The predicted octanol–water partition coefficient (Wildman–Crippen LogP) is 2.62. The Morgan fingerprint density at radius 2 is 2.23 bits per heavy atom. The summed E-state index contributed by atoms with van der Waals surface area (Å²) in [5, 5.41) is 10.6. The third kappa shape index (κ3) is 3.26. The van der Waals surface area contributed by atoms with Gasteiger partial charge in [0, 0.05) is 6.54 Å². The maximum absolute atomic E-state index is 13.0. The molecule has 1 saturated heterocycles. The first kappa shape index (κ1) is 17.2. The van der Waals surface area contributed by atoms with Crippen LogP contribution >= 0.6 is 0 Å². The topological polar surface area (TPSA) is 80.0 Å². The molecule has 1 aliphatic heterocycles. The van der Waals surface area contributed by atoms with Crippen LogP contribution in [0.5, 0.6) is 0 Å². The average Bonchev–Trinajstić information content (AvgIpc) is 3.30. The lowest BCUT2D eigenvalue weighted by atomic mass is 9.67. The van der Waals surface area contributed by atoms with E-state index in [0.29, 0.717) is 24.1 Å². The normalized spacial score (nSPS) is 26.3. The molecule has 4 rings (SSSR count). The van der Waals surface area contributed by atoms with E-state index in [1.54, 1.807) is 0 Å². The molecule has 2 aromatic rings. The van der Waals surface area contributed by atoms with Crippen LogP contribution < -0.4 is 10.6 Å². The molecule has 0 bridgehead atoms. The number of carbonyl (C=O) groups is 1. The van der Waals surface area contributed by atoms with Crippen LogP contribution in [0.1, 0.15) is 55.9 Å². The highest BCUT2D eigenvalue weighted by Gasteiger charge is 2.50. The Labute approximate surface area is 153 Å². The lowest BCUT2D eigenvalue weighted by molar-refractivity contribution is -0.134. The number of nitrogens with one attached hydrogen (secondary N) is 2. The van der Waals surface area contributed by atoms with Crippen LogP contribution in [0.25, 0.3) is 0 Å². The van der Waals surface area contributed by atoms with Crippen molar-refractivity contribution in [3.05, 3.63) is 47.6 Å². The van der Waals surface area contributed by atoms with E-state index in [0.717, 1.165) is 37.9 Å². The van der Waals surface area contributed by atoms with Crippen molar-refractivity contribution in [3.8, 4) is 0 Å². The van der Waals surface area contributed by atoms with Crippen molar-refractivity contribution in [3.63, 3.8) is 0 Å². The van der Waals surface area contributed by atoms with Crippen molar-refractivity contribution in [1.82, 2.24) is 20.8 Å². The summed E-state index contributed by atoms with van der Waals surface area (Å²) in [7, 11) is 0.